The van der Waals surface area contributed by atoms with Gasteiger partial charge in [-0.05, 0) is 35.7 Å². The molecule has 2 amide bonds. The zero-order chi connectivity index (χ0) is 14.7. The predicted molar refractivity (Wildman–Crippen MR) is 83.6 cm³/mol. The Morgan fingerprint density at radius 3 is 2.57 bits per heavy atom. The molecule has 1 aromatic carbocycles. The minimum Gasteiger partial charge on any atom is -0.308 e. The molecule has 3 aromatic rings. The third-order valence-corrected chi connectivity index (χ3v) is 3.09. The summed E-state index contributed by atoms with van der Waals surface area (Å²) in [6.45, 7) is 0. The standard InChI is InChI=1S/C15H11ClN4O/c16-14-8-13(4-6-18-14)20-15(21)19-12-2-1-11-9-17-5-3-10(11)7-12/h1-9H,(H2,18,19,20,21). The summed E-state index contributed by atoms with van der Waals surface area (Å²) in [5, 5.41) is 7.81. The molecule has 2 N–H and O–H groups in total. The Kier molecular flexibility index (Phi) is 3.66. The van der Waals surface area contributed by atoms with Gasteiger partial charge >= 0.3 is 6.03 Å². The van der Waals surface area contributed by atoms with Crippen molar-refractivity contribution in [3.63, 3.8) is 0 Å². The van der Waals surface area contributed by atoms with Gasteiger partial charge in [-0.15, -0.1) is 0 Å². The van der Waals surface area contributed by atoms with Crippen LogP contribution >= 0.6 is 11.6 Å². The van der Waals surface area contributed by atoms with Crippen LogP contribution in [-0.4, -0.2) is 16.0 Å². The van der Waals surface area contributed by atoms with Crippen molar-refractivity contribution in [1.29, 1.82) is 0 Å². The number of hydrogen-bond acceptors (Lipinski definition) is 3. The number of pyridine rings is 2. The first-order chi connectivity index (χ1) is 10.2. The molecular formula is C15H11ClN4O. The van der Waals surface area contributed by atoms with Gasteiger partial charge in [-0.3, -0.25) is 4.98 Å². The van der Waals surface area contributed by atoms with Gasteiger partial charge in [-0.25, -0.2) is 9.78 Å². The van der Waals surface area contributed by atoms with Crippen LogP contribution in [-0.2, 0) is 0 Å². The third kappa shape index (κ3) is 3.27. The molecule has 0 unspecified atom stereocenters. The lowest BCUT2D eigenvalue weighted by Crippen LogP contribution is -2.19. The highest BCUT2D eigenvalue weighted by Crippen LogP contribution is 2.18. The van der Waals surface area contributed by atoms with Crippen molar-refractivity contribution < 1.29 is 4.79 Å². The molecule has 0 fully saturated rings. The van der Waals surface area contributed by atoms with Crippen molar-refractivity contribution in [1.82, 2.24) is 9.97 Å². The Balaban J connectivity index is 1.74. The van der Waals surface area contributed by atoms with Crippen molar-refractivity contribution in [2.75, 3.05) is 10.6 Å². The quantitative estimate of drug-likeness (QED) is 0.704. The summed E-state index contributed by atoms with van der Waals surface area (Å²) < 4.78 is 0. The first-order valence-corrected chi connectivity index (χ1v) is 6.62. The van der Waals surface area contributed by atoms with Crippen molar-refractivity contribution in [2.45, 2.75) is 0 Å². The predicted octanol–water partition coefficient (Wildman–Crippen LogP) is 3.93. The Morgan fingerprint density at radius 2 is 1.76 bits per heavy atom. The van der Waals surface area contributed by atoms with Crippen molar-refractivity contribution >= 4 is 39.8 Å². The summed E-state index contributed by atoms with van der Waals surface area (Å²) >= 11 is 5.77. The number of aromatic nitrogens is 2. The average Bonchev–Trinajstić information content (AvgIpc) is 2.47. The molecule has 0 saturated heterocycles. The molecule has 21 heavy (non-hydrogen) atoms. The van der Waals surface area contributed by atoms with Gasteiger partial charge < -0.3 is 10.6 Å². The minimum absolute atomic E-state index is 0.325. The molecule has 0 bridgehead atoms. The summed E-state index contributed by atoms with van der Waals surface area (Å²) in [6.07, 6.45) is 5.02. The molecule has 6 heteroatoms. The molecular weight excluding hydrogens is 288 g/mol. The highest BCUT2D eigenvalue weighted by atomic mass is 35.5. The minimum atomic E-state index is -0.342. The normalized spacial score (nSPS) is 10.3. The van der Waals surface area contributed by atoms with Crippen LogP contribution in [0.3, 0.4) is 0 Å². The molecule has 0 saturated carbocycles. The number of nitrogens with one attached hydrogen (secondary N) is 2. The number of carbonyl (C=O) groups excluding carboxylic acids is 1. The number of anilines is 2. The number of benzene rings is 1. The molecule has 0 spiro atoms. The Morgan fingerprint density at radius 1 is 0.952 bits per heavy atom. The summed E-state index contributed by atoms with van der Waals surface area (Å²) in [5.74, 6) is 0. The smallest absolute Gasteiger partial charge is 0.308 e. The van der Waals surface area contributed by atoms with Gasteiger partial charge in [0.15, 0.2) is 0 Å². The van der Waals surface area contributed by atoms with Crippen LogP contribution in [0.25, 0.3) is 10.8 Å². The van der Waals surface area contributed by atoms with E-state index in [0.717, 1.165) is 10.8 Å². The van der Waals surface area contributed by atoms with Crippen LogP contribution in [0.1, 0.15) is 0 Å². The molecule has 0 radical (unpaired) electrons. The Labute approximate surface area is 126 Å². The number of nitrogens with zero attached hydrogens (tertiary/aromatic N) is 2. The van der Waals surface area contributed by atoms with Gasteiger partial charge in [0, 0.05) is 35.4 Å². The van der Waals surface area contributed by atoms with Crippen LogP contribution in [0.2, 0.25) is 5.15 Å². The molecule has 2 heterocycles. The maximum Gasteiger partial charge on any atom is 0.323 e. The van der Waals surface area contributed by atoms with Crippen LogP contribution in [0.4, 0.5) is 16.2 Å². The lowest BCUT2D eigenvalue weighted by Gasteiger charge is -2.08. The second kappa shape index (κ2) is 5.76. The van der Waals surface area contributed by atoms with E-state index >= 15 is 0 Å². The number of halogens is 1. The van der Waals surface area contributed by atoms with Crippen LogP contribution in [0.15, 0.2) is 55.0 Å². The summed E-state index contributed by atoms with van der Waals surface area (Å²) in [4.78, 5) is 19.8. The van der Waals surface area contributed by atoms with Crippen molar-refractivity contribution in [3.8, 4) is 0 Å². The monoisotopic (exact) mass is 298 g/mol. The average molecular weight is 299 g/mol. The largest absolute Gasteiger partial charge is 0.323 e. The fraction of sp³-hybridized carbons (Fsp3) is 0. The van der Waals surface area contributed by atoms with Crippen molar-refractivity contribution in [2.24, 2.45) is 0 Å². The van der Waals surface area contributed by atoms with E-state index in [2.05, 4.69) is 20.6 Å². The summed E-state index contributed by atoms with van der Waals surface area (Å²) in [7, 11) is 0. The molecule has 104 valence electrons. The second-order valence-electron chi connectivity index (χ2n) is 4.38. The van der Waals surface area contributed by atoms with Gasteiger partial charge in [0.2, 0.25) is 0 Å². The van der Waals surface area contributed by atoms with E-state index in [-0.39, 0.29) is 6.03 Å². The van der Waals surface area contributed by atoms with E-state index in [0.29, 0.717) is 16.5 Å². The lowest BCUT2D eigenvalue weighted by atomic mass is 10.1. The highest BCUT2D eigenvalue weighted by molar-refractivity contribution is 6.29. The Bertz CT molecular complexity index is 806. The van der Waals surface area contributed by atoms with E-state index in [4.69, 9.17) is 11.6 Å². The number of fused-ring (bicyclic) bond motifs is 1. The van der Waals surface area contributed by atoms with E-state index in [1.54, 1.807) is 24.5 Å². The summed E-state index contributed by atoms with van der Waals surface area (Å²) in [6, 6.07) is 10.4. The topological polar surface area (TPSA) is 66.9 Å². The number of amides is 2. The maximum atomic E-state index is 11.9. The van der Waals surface area contributed by atoms with Crippen LogP contribution in [0.5, 0.6) is 0 Å². The van der Waals surface area contributed by atoms with Gasteiger partial charge in [-0.2, -0.15) is 0 Å². The van der Waals surface area contributed by atoms with E-state index < -0.39 is 0 Å². The number of rotatable bonds is 2. The second-order valence-corrected chi connectivity index (χ2v) is 4.77. The molecule has 0 aliphatic carbocycles. The third-order valence-electron chi connectivity index (χ3n) is 2.88. The van der Waals surface area contributed by atoms with E-state index in [9.17, 15) is 4.79 Å². The van der Waals surface area contributed by atoms with Crippen molar-refractivity contribution in [3.05, 3.63) is 60.1 Å². The van der Waals surface area contributed by atoms with Gasteiger partial charge in [0.1, 0.15) is 5.15 Å². The fourth-order valence-corrected chi connectivity index (χ4v) is 2.11. The summed E-state index contributed by atoms with van der Waals surface area (Å²) in [5.41, 5.74) is 1.28. The first kappa shape index (κ1) is 13.3. The van der Waals surface area contributed by atoms with Gasteiger partial charge in [-0.1, -0.05) is 17.7 Å². The molecule has 0 aliphatic rings. The van der Waals surface area contributed by atoms with Crippen LogP contribution in [0, 0.1) is 0 Å². The zero-order valence-electron chi connectivity index (χ0n) is 10.9. The van der Waals surface area contributed by atoms with Gasteiger partial charge in [0.25, 0.3) is 0 Å². The number of urea groups is 1. The van der Waals surface area contributed by atoms with Gasteiger partial charge in [0.05, 0.1) is 0 Å². The SMILES string of the molecule is O=C(Nc1ccnc(Cl)c1)Nc1ccc2cnccc2c1. The van der Waals surface area contributed by atoms with E-state index in [1.165, 1.54) is 6.20 Å². The van der Waals surface area contributed by atoms with Crippen LogP contribution < -0.4 is 10.6 Å². The van der Waals surface area contributed by atoms with E-state index in [1.807, 2.05) is 24.3 Å². The maximum absolute atomic E-state index is 11.9. The Hall–Kier alpha value is -2.66. The highest BCUT2D eigenvalue weighted by Gasteiger charge is 2.04. The molecule has 3 rings (SSSR count). The molecule has 5 nitrogen and oxygen atoms in total. The molecule has 0 aliphatic heterocycles. The fourth-order valence-electron chi connectivity index (χ4n) is 1.93. The first-order valence-electron chi connectivity index (χ1n) is 6.24. The lowest BCUT2D eigenvalue weighted by molar-refractivity contribution is 0.262. The molecule has 2 aromatic heterocycles. The number of carbonyl (C=O) groups is 1. The number of hydrogen-bond donors (Lipinski definition) is 2. The zero-order valence-corrected chi connectivity index (χ0v) is 11.6. The molecule has 0 atom stereocenters.